The number of hydrogen-bond acceptors (Lipinski definition) is 3. The van der Waals surface area contributed by atoms with Crippen molar-refractivity contribution in [3.8, 4) is 0 Å². The SMILES string of the molecule is NC(CCN(CC1CCC1)C1CC1)=NO. The molecule has 0 aromatic heterocycles. The first-order valence-corrected chi connectivity index (χ1v) is 6.00. The van der Waals surface area contributed by atoms with Gasteiger partial charge in [-0.25, -0.2) is 0 Å². The molecule has 4 heteroatoms. The fourth-order valence-electron chi connectivity index (χ4n) is 2.18. The van der Waals surface area contributed by atoms with E-state index < -0.39 is 0 Å². The Hall–Kier alpha value is -0.770. The first-order chi connectivity index (χ1) is 7.29. The Balaban J connectivity index is 1.72. The molecular weight excluding hydrogens is 190 g/mol. The highest BCUT2D eigenvalue weighted by molar-refractivity contribution is 5.79. The van der Waals surface area contributed by atoms with Gasteiger partial charge in [0.15, 0.2) is 0 Å². The molecule has 0 heterocycles. The van der Waals surface area contributed by atoms with Crippen molar-refractivity contribution in [1.29, 1.82) is 0 Å². The highest BCUT2D eigenvalue weighted by atomic mass is 16.4. The summed E-state index contributed by atoms with van der Waals surface area (Å²) in [6.45, 7) is 2.18. The summed E-state index contributed by atoms with van der Waals surface area (Å²) in [6.07, 6.45) is 7.56. The van der Waals surface area contributed by atoms with Gasteiger partial charge in [0.05, 0.1) is 0 Å². The minimum Gasteiger partial charge on any atom is -0.409 e. The van der Waals surface area contributed by atoms with Crippen LogP contribution in [0.5, 0.6) is 0 Å². The second kappa shape index (κ2) is 4.84. The summed E-state index contributed by atoms with van der Waals surface area (Å²) in [5.41, 5.74) is 5.49. The summed E-state index contributed by atoms with van der Waals surface area (Å²) < 4.78 is 0. The van der Waals surface area contributed by atoms with Gasteiger partial charge in [-0.3, -0.25) is 4.90 Å². The van der Waals surface area contributed by atoms with Crippen LogP contribution in [0.1, 0.15) is 38.5 Å². The molecule has 0 amide bonds. The molecule has 2 aliphatic carbocycles. The third kappa shape index (κ3) is 3.09. The van der Waals surface area contributed by atoms with Crippen molar-refractivity contribution < 1.29 is 5.21 Å². The number of amidine groups is 1. The lowest BCUT2D eigenvalue weighted by Crippen LogP contribution is -2.36. The zero-order valence-corrected chi connectivity index (χ0v) is 9.23. The third-order valence-electron chi connectivity index (χ3n) is 3.56. The van der Waals surface area contributed by atoms with Crippen molar-refractivity contribution in [1.82, 2.24) is 4.90 Å². The van der Waals surface area contributed by atoms with E-state index in [1.54, 1.807) is 0 Å². The summed E-state index contributed by atoms with van der Waals surface area (Å²) in [5, 5.41) is 11.5. The third-order valence-corrected chi connectivity index (χ3v) is 3.56. The van der Waals surface area contributed by atoms with E-state index in [9.17, 15) is 0 Å². The van der Waals surface area contributed by atoms with Gasteiger partial charge in [-0.05, 0) is 31.6 Å². The molecule has 0 aliphatic heterocycles. The highest BCUT2D eigenvalue weighted by Crippen LogP contribution is 2.32. The zero-order valence-electron chi connectivity index (χ0n) is 9.23. The summed E-state index contributed by atoms with van der Waals surface area (Å²) in [5.74, 6) is 1.27. The van der Waals surface area contributed by atoms with Crippen LogP contribution in [-0.4, -0.2) is 35.1 Å². The number of rotatable bonds is 6. The first kappa shape index (κ1) is 10.7. The standard InChI is InChI=1S/C11H21N3O/c12-11(13-15)6-7-14(10-4-5-10)8-9-2-1-3-9/h9-10,15H,1-8H2,(H2,12,13). The molecule has 2 saturated carbocycles. The van der Waals surface area contributed by atoms with E-state index in [2.05, 4.69) is 10.1 Å². The van der Waals surface area contributed by atoms with Crippen LogP contribution >= 0.6 is 0 Å². The van der Waals surface area contributed by atoms with Gasteiger partial charge in [0.2, 0.25) is 0 Å². The Kier molecular flexibility index (Phi) is 3.46. The van der Waals surface area contributed by atoms with Gasteiger partial charge in [0, 0.05) is 25.6 Å². The minimum atomic E-state index is 0.356. The Morgan fingerprint density at radius 3 is 2.53 bits per heavy atom. The van der Waals surface area contributed by atoms with E-state index >= 15 is 0 Å². The van der Waals surface area contributed by atoms with Crippen molar-refractivity contribution >= 4 is 5.84 Å². The van der Waals surface area contributed by atoms with Crippen LogP contribution in [0.25, 0.3) is 0 Å². The molecule has 86 valence electrons. The lowest BCUT2D eigenvalue weighted by molar-refractivity contribution is 0.173. The van der Waals surface area contributed by atoms with Crippen molar-refractivity contribution in [3.05, 3.63) is 0 Å². The molecule has 2 aliphatic rings. The van der Waals surface area contributed by atoms with Crippen LogP contribution in [-0.2, 0) is 0 Å². The van der Waals surface area contributed by atoms with Crippen molar-refractivity contribution in [2.24, 2.45) is 16.8 Å². The van der Waals surface area contributed by atoms with Gasteiger partial charge < -0.3 is 10.9 Å². The maximum atomic E-state index is 8.49. The van der Waals surface area contributed by atoms with Crippen LogP contribution in [0.15, 0.2) is 5.16 Å². The molecule has 0 unspecified atom stereocenters. The van der Waals surface area contributed by atoms with Gasteiger partial charge in [0.1, 0.15) is 5.84 Å². The lowest BCUT2D eigenvalue weighted by atomic mass is 9.85. The molecule has 2 rings (SSSR count). The fraction of sp³-hybridized carbons (Fsp3) is 0.909. The summed E-state index contributed by atoms with van der Waals surface area (Å²) >= 11 is 0. The van der Waals surface area contributed by atoms with Gasteiger partial charge in [-0.2, -0.15) is 0 Å². The predicted molar refractivity (Wildman–Crippen MR) is 60.0 cm³/mol. The topological polar surface area (TPSA) is 61.8 Å². The van der Waals surface area contributed by atoms with Crippen LogP contribution in [0, 0.1) is 5.92 Å². The average molecular weight is 211 g/mol. The molecule has 0 bridgehead atoms. The Bertz CT molecular complexity index is 234. The average Bonchev–Trinajstić information content (AvgIpc) is 2.98. The number of nitrogens with two attached hydrogens (primary N) is 1. The van der Waals surface area contributed by atoms with Crippen LogP contribution in [0.3, 0.4) is 0 Å². The Labute approximate surface area is 91.1 Å². The molecule has 2 fully saturated rings. The van der Waals surface area contributed by atoms with E-state index in [-0.39, 0.29) is 0 Å². The monoisotopic (exact) mass is 211 g/mol. The number of oxime groups is 1. The van der Waals surface area contributed by atoms with Gasteiger partial charge >= 0.3 is 0 Å². The minimum absolute atomic E-state index is 0.356. The normalized spacial score (nSPS) is 23.1. The van der Waals surface area contributed by atoms with E-state index in [4.69, 9.17) is 10.9 Å². The van der Waals surface area contributed by atoms with Crippen molar-refractivity contribution in [3.63, 3.8) is 0 Å². The first-order valence-electron chi connectivity index (χ1n) is 6.00. The number of hydrogen-bond donors (Lipinski definition) is 2. The Morgan fingerprint density at radius 2 is 2.07 bits per heavy atom. The van der Waals surface area contributed by atoms with Crippen LogP contribution < -0.4 is 5.73 Å². The molecule has 3 N–H and O–H groups in total. The smallest absolute Gasteiger partial charge is 0.140 e. The van der Waals surface area contributed by atoms with Gasteiger partial charge in [0.25, 0.3) is 0 Å². The Morgan fingerprint density at radius 1 is 1.33 bits per heavy atom. The second-order valence-electron chi connectivity index (χ2n) is 4.86. The molecule has 0 aromatic carbocycles. The number of nitrogens with zero attached hydrogens (tertiary/aromatic N) is 2. The van der Waals surface area contributed by atoms with Crippen LogP contribution in [0.4, 0.5) is 0 Å². The molecule has 0 aromatic rings. The largest absolute Gasteiger partial charge is 0.409 e. The molecule has 4 nitrogen and oxygen atoms in total. The van der Waals surface area contributed by atoms with Crippen LogP contribution in [0.2, 0.25) is 0 Å². The highest BCUT2D eigenvalue weighted by Gasteiger charge is 2.31. The maximum Gasteiger partial charge on any atom is 0.140 e. The molecule has 0 atom stereocenters. The maximum absolute atomic E-state index is 8.49. The second-order valence-corrected chi connectivity index (χ2v) is 4.86. The predicted octanol–water partition coefficient (Wildman–Crippen LogP) is 1.39. The lowest BCUT2D eigenvalue weighted by Gasteiger charge is -2.32. The van der Waals surface area contributed by atoms with Crippen molar-refractivity contribution in [2.75, 3.05) is 13.1 Å². The molecule has 15 heavy (non-hydrogen) atoms. The van der Waals surface area contributed by atoms with Crippen molar-refractivity contribution in [2.45, 2.75) is 44.6 Å². The molecular formula is C11H21N3O. The summed E-state index contributed by atoms with van der Waals surface area (Å²) in [7, 11) is 0. The molecule has 0 saturated heterocycles. The fourth-order valence-corrected chi connectivity index (χ4v) is 2.18. The van der Waals surface area contributed by atoms with E-state index in [1.165, 1.54) is 38.6 Å². The molecule has 0 radical (unpaired) electrons. The van der Waals surface area contributed by atoms with E-state index in [0.717, 1.165) is 18.5 Å². The quantitative estimate of drug-likeness (QED) is 0.302. The van der Waals surface area contributed by atoms with Gasteiger partial charge in [-0.1, -0.05) is 11.6 Å². The summed E-state index contributed by atoms with van der Waals surface area (Å²) in [4.78, 5) is 2.53. The van der Waals surface area contributed by atoms with E-state index in [0.29, 0.717) is 12.3 Å². The zero-order chi connectivity index (χ0) is 10.7. The van der Waals surface area contributed by atoms with E-state index in [1.807, 2.05) is 0 Å². The summed E-state index contributed by atoms with van der Waals surface area (Å²) in [6, 6.07) is 0.789. The molecule has 0 spiro atoms. The van der Waals surface area contributed by atoms with Gasteiger partial charge in [-0.15, -0.1) is 0 Å².